The average molecular weight is 609 g/mol. The Labute approximate surface area is 263 Å². The number of esters is 2. The van der Waals surface area contributed by atoms with Crippen molar-refractivity contribution in [2.24, 2.45) is 0 Å². The molecule has 0 aliphatic heterocycles. The van der Waals surface area contributed by atoms with Gasteiger partial charge in [-0.05, 0) is 91.2 Å². The molecule has 4 rings (SSSR count). The van der Waals surface area contributed by atoms with E-state index >= 15 is 0 Å². The first-order chi connectivity index (χ1) is 21.7. The smallest absolute Gasteiger partial charge is 0.355 e. The molecule has 4 aromatic carbocycles. The van der Waals surface area contributed by atoms with Crippen molar-refractivity contribution in [3.05, 3.63) is 121 Å². The standard InChI is InChI=1S/C37H36O8/c1-26(35(38)43-24-10-9-23-42-31-16-13-28(14-17-31)27-11-7-6-8-12-27)29-15-22-33(34(25-29)41-5)44-36(39)37(2,3)45-32-20-18-30(40-4)19-21-32/h6-22,25H,1,23-24H2,2-5H3. The molecule has 0 amide bonds. The van der Waals surface area contributed by atoms with Gasteiger partial charge in [0.05, 0.1) is 19.8 Å². The van der Waals surface area contributed by atoms with Gasteiger partial charge in [-0.15, -0.1) is 0 Å². The summed E-state index contributed by atoms with van der Waals surface area (Å²) >= 11 is 0. The zero-order valence-electron chi connectivity index (χ0n) is 25.8. The second kappa shape index (κ2) is 15.3. The Morgan fingerprint density at radius 3 is 2.00 bits per heavy atom. The van der Waals surface area contributed by atoms with E-state index in [1.54, 1.807) is 69.5 Å². The van der Waals surface area contributed by atoms with Crippen LogP contribution in [0.4, 0.5) is 0 Å². The number of hydrogen-bond acceptors (Lipinski definition) is 8. The monoisotopic (exact) mass is 608 g/mol. The summed E-state index contributed by atoms with van der Waals surface area (Å²) in [7, 11) is 3.00. The molecule has 0 unspecified atom stereocenters. The van der Waals surface area contributed by atoms with E-state index in [4.69, 9.17) is 28.4 Å². The van der Waals surface area contributed by atoms with Crippen molar-refractivity contribution in [2.75, 3.05) is 27.4 Å². The van der Waals surface area contributed by atoms with E-state index < -0.39 is 17.5 Å². The number of benzene rings is 4. The van der Waals surface area contributed by atoms with Crippen LogP contribution in [0.15, 0.2) is 116 Å². The third-order valence-electron chi connectivity index (χ3n) is 6.67. The number of rotatable bonds is 14. The molecule has 0 atom stereocenters. The Morgan fingerprint density at radius 1 is 0.711 bits per heavy atom. The van der Waals surface area contributed by atoms with Gasteiger partial charge in [0, 0.05) is 0 Å². The minimum absolute atomic E-state index is 0.0459. The van der Waals surface area contributed by atoms with Crippen LogP contribution in [0, 0.1) is 0 Å². The summed E-state index contributed by atoms with van der Waals surface area (Å²) in [4.78, 5) is 25.6. The Balaban J connectivity index is 1.25. The van der Waals surface area contributed by atoms with Gasteiger partial charge in [-0.2, -0.15) is 0 Å². The maximum atomic E-state index is 13.0. The van der Waals surface area contributed by atoms with Crippen molar-refractivity contribution in [3.8, 4) is 39.9 Å². The number of ether oxygens (including phenoxy) is 6. The van der Waals surface area contributed by atoms with E-state index in [-0.39, 0.29) is 23.7 Å². The predicted octanol–water partition coefficient (Wildman–Crippen LogP) is 7.33. The lowest BCUT2D eigenvalue weighted by atomic mass is 10.1. The van der Waals surface area contributed by atoms with Crippen molar-refractivity contribution >= 4 is 17.5 Å². The molecule has 0 heterocycles. The van der Waals surface area contributed by atoms with Crippen LogP contribution in [0.25, 0.3) is 16.7 Å². The minimum atomic E-state index is -1.31. The molecule has 8 heteroatoms. The van der Waals surface area contributed by atoms with Gasteiger partial charge in [0.1, 0.15) is 30.5 Å². The van der Waals surface area contributed by atoms with E-state index in [2.05, 4.69) is 18.7 Å². The van der Waals surface area contributed by atoms with Gasteiger partial charge in [0.25, 0.3) is 0 Å². The lowest BCUT2D eigenvalue weighted by molar-refractivity contribution is -0.149. The van der Waals surface area contributed by atoms with Gasteiger partial charge in [0.2, 0.25) is 5.60 Å². The Bertz CT molecular complexity index is 1620. The zero-order chi connectivity index (χ0) is 32.2. The van der Waals surface area contributed by atoms with Gasteiger partial charge in [-0.25, -0.2) is 9.59 Å². The molecule has 8 nitrogen and oxygen atoms in total. The number of methoxy groups -OCH3 is 2. The van der Waals surface area contributed by atoms with Crippen molar-refractivity contribution in [1.82, 2.24) is 0 Å². The number of hydrogen-bond donors (Lipinski definition) is 0. The first-order valence-corrected chi connectivity index (χ1v) is 14.2. The van der Waals surface area contributed by atoms with Crippen molar-refractivity contribution in [3.63, 3.8) is 0 Å². The first-order valence-electron chi connectivity index (χ1n) is 14.2. The fourth-order valence-electron chi connectivity index (χ4n) is 4.13. The third-order valence-corrected chi connectivity index (χ3v) is 6.67. The highest BCUT2D eigenvalue weighted by atomic mass is 16.6. The second-order valence-electron chi connectivity index (χ2n) is 10.3. The topological polar surface area (TPSA) is 89.5 Å². The van der Waals surface area contributed by atoms with Gasteiger partial charge < -0.3 is 28.4 Å². The van der Waals surface area contributed by atoms with Gasteiger partial charge in [-0.1, -0.05) is 55.1 Å². The molecule has 0 aliphatic rings. The van der Waals surface area contributed by atoms with Crippen molar-refractivity contribution < 1.29 is 38.0 Å². The highest BCUT2D eigenvalue weighted by Gasteiger charge is 2.33. The maximum absolute atomic E-state index is 13.0. The molecule has 0 aliphatic carbocycles. The summed E-state index contributed by atoms with van der Waals surface area (Å²) in [6, 6.07) is 29.5. The van der Waals surface area contributed by atoms with Gasteiger partial charge in [0.15, 0.2) is 11.5 Å². The van der Waals surface area contributed by atoms with Crippen molar-refractivity contribution in [1.29, 1.82) is 0 Å². The molecule has 0 aromatic heterocycles. The minimum Gasteiger partial charge on any atom is -0.497 e. The normalized spacial score (nSPS) is 11.0. The lowest BCUT2D eigenvalue weighted by Gasteiger charge is -2.24. The summed E-state index contributed by atoms with van der Waals surface area (Å²) in [5.74, 6) is 1.05. The van der Waals surface area contributed by atoms with Crippen molar-refractivity contribution in [2.45, 2.75) is 19.4 Å². The van der Waals surface area contributed by atoms with Gasteiger partial charge in [-0.3, -0.25) is 0 Å². The maximum Gasteiger partial charge on any atom is 0.355 e. The Morgan fingerprint density at radius 2 is 1.33 bits per heavy atom. The van der Waals surface area contributed by atoms with Crippen LogP contribution in [0.5, 0.6) is 28.7 Å². The van der Waals surface area contributed by atoms with Crippen LogP contribution in [0.3, 0.4) is 0 Å². The quantitative estimate of drug-likeness (QED) is 0.0637. The molecule has 0 spiro atoms. The SMILES string of the molecule is C=C(C(=O)OCC=CCOc1ccc(-c2ccccc2)cc1)c1ccc(OC(=O)C(C)(C)Oc2ccc(OC)cc2)c(OC)c1. The highest BCUT2D eigenvalue weighted by Crippen LogP contribution is 2.32. The molecule has 0 saturated heterocycles. The molecule has 0 radical (unpaired) electrons. The van der Waals surface area contributed by atoms with Crippen LogP contribution in [0.1, 0.15) is 19.4 Å². The van der Waals surface area contributed by atoms with E-state index in [1.165, 1.54) is 13.2 Å². The van der Waals surface area contributed by atoms with E-state index in [1.807, 2.05) is 42.5 Å². The Hall–Kier alpha value is -5.50. The summed E-state index contributed by atoms with van der Waals surface area (Å²) in [5.41, 5.74) is 1.52. The molecule has 0 fully saturated rings. The summed E-state index contributed by atoms with van der Waals surface area (Å²) in [6.45, 7) is 7.42. The van der Waals surface area contributed by atoms with E-state index in [0.29, 0.717) is 23.7 Å². The molecular formula is C37H36O8. The van der Waals surface area contributed by atoms with Crippen LogP contribution < -0.4 is 23.7 Å². The summed E-state index contributed by atoms with van der Waals surface area (Å²) in [5, 5.41) is 0. The van der Waals surface area contributed by atoms with Crippen LogP contribution in [-0.2, 0) is 14.3 Å². The molecule has 0 N–H and O–H groups in total. The molecule has 232 valence electrons. The Kier molecular flexibility index (Phi) is 11.0. The average Bonchev–Trinajstić information content (AvgIpc) is 3.06. The van der Waals surface area contributed by atoms with Crippen LogP contribution >= 0.6 is 0 Å². The van der Waals surface area contributed by atoms with Crippen LogP contribution in [-0.4, -0.2) is 45.0 Å². The fourth-order valence-corrected chi connectivity index (χ4v) is 4.13. The fraction of sp³-hybridized carbons (Fsp3) is 0.189. The van der Waals surface area contributed by atoms with Gasteiger partial charge >= 0.3 is 11.9 Å². The second-order valence-corrected chi connectivity index (χ2v) is 10.3. The lowest BCUT2D eigenvalue weighted by Crippen LogP contribution is -2.41. The summed E-state index contributed by atoms with van der Waals surface area (Å²) in [6.07, 6.45) is 3.47. The molecule has 4 aromatic rings. The molecule has 45 heavy (non-hydrogen) atoms. The number of carbonyl (C=O) groups excluding carboxylic acids is 2. The number of carbonyl (C=O) groups is 2. The highest BCUT2D eigenvalue weighted by molar-refractivity contribution is 6.15. The first kappa shape index (κ1) is 32.4. The molecular weight excluding hydrogens is 572 g/mol. The largest absolute Gasteiger partial charge is 0.497 e. The van der Waals surface area contributed by atoms with E-state index in [9.17, 15) is 9.59 Å². The molecule has 0 bridgehead atoms. The van der Waals surface area contributed by atoms with E-state index in [0.717, 1.165) is 16.9 Å². The molecule has 0 saturated carbocycles. The third kappa shape index (κ3) is 9.00. The van der Waals surface area contributed by atoms with Crippen LogP contribution in [0.2, 0.25) is 0 Å². The predicted molar refractivity (Wildman–Crippen MR) is 173 cm³/mol. The zero-order valence-corrected chi connectivity index (χ0v) is 25.8. The summed E-state index contributed by atoms with van der Waals surface area (Å²) < 4.78 is 33.1.